The van der Waals surface area contributed by atoms with Crippen LogP contribution in [0.3, 0.4) is 0 Å². The molecule has 0 atom stereocenters. The minimum Gasteiger partial charge on any atom is -0.360 e. The van der Waals surface area contributed by atoms with Gasteiger partial charge in [0.15, 0.2) is 15.7 Å². The van der Waals surface area contributed by atoms with Gasteiger partial charge in [-0.15, -0.1) is 0 Å². The Morgan fingerprint density at radius 2 is 1.83 bits per heavy atom. The maximum absolute atomic E-state index is 13.1. The molecular formula is C22H21N3O4S. The monoisotopic (exact) mass is 423 g/mol. The minimum atomic E-state index is -3.87. The lowest BCUT2D eigenvalue weighted by atomic mass is 10.1. The molecule has 7 nitrogen and oxygen atoms in total. The van der Waals surface area contributed by atoms with E-state index < -0.39 is 21.5 Å². The molecule has 0 aliphatic heterocycles. The first-order valence-corrected chi connectivity index (χ1v) is 11.1. The van der Waals surface area contributed by atoms with Gasteiger partial charge in [0, 0.05) is 29.7 Å². The van der Waals surface area contributed by atoms with Crippen molar-refractivity contribution in [3.8, 4) is 0 Å². The number of benzene rings is 2. The Labute approximate surface area is 174 Å². The Bertz CT molecular complexity index is 1340. The van der Waals surface area contributed by atoms with E-state index in [2.05, 4.69) is 10.5 Å². The van der Waals surface area contributed by atoms with Crippen molar-refractivity contribution in [2.45, 2.75) is 25.3 Å². The summed E-state index contributed by atoms with van der Waals surface area (Å²) in [6.45, 7) is 4.24. The smallest absolute Gasteiger partial charge is 0.241 e. The molecule has 4 aromatic rings. The number of aromatic nitrogens is 2. The summed E-state index contributed by atoms with van der Waals surface area (Å²) in [5.74, 6) is -0.641. The molecule has 0 aliphatic carbocycles. The molecular weight excluding hydrogens is 402 g/mol. The fourth-order valence-electron chi connectivity index (χ4n) is 3.42. The largest absolute Gasteiger partial charge is 0.360 e. The van der Waals surface area contributed by atoms with E-state index in [1.165, 1.54) is 6.07 Å². The number of sulfone groups is 1. The van der Waals surface area contributed by atoms with Gasteiger partial charge in [-0.05, 0) is 31.0 Å². The number of nitrogens with one attached hydrogen (secondary N) is 1. The van der Waals surface area contributed by atoms with Gasteiger partial charge in [-0.1, -0.05) is 47.6 Å². The van der Waals surface area contributed by atoms with Crippen LogP contribution < -0.4 is 5.32 Å². The molecule has 0 unspecified atom stereocenters. The fourth-order valence-corrected chi connectivity index (χ4v) is 4.79. The van der Waals surface area contributed by atoms with Crippen molar-refractivity contribution in [2.24, 2.45) is 0 Å². The van der Waals surface area contributed by atoms with Crippen molar-refractivity contribution in [2.75, 3.05) is 11.1 Å². The molecule has 0 radical (unpaired) electrons. The van der Waals surface area contributed by atoms with E-state index in [0.717, 1.165) is 16.6 Å². The number of aryl methyl sites for hydroxylation is 2. The summed E-state index contributed by atoms with van der Waals surface area (Å²) in [6, 6.07) is 16.8. The molecule has 8 heteroatoms. The topological polar surface area (TPSA) is 94.2 Å². The van der Waals surface area contributed by atoms with E-state index >= 15 is 0 Å². The average Bonchev–Trinajstić information content (AvgIpc) is 3.27. The van der Waals surface area contributed by atoms with Gasteiger partial charge < -0.3 is 14.4 Å². The Morgan fingerprint density at radius 3 is 2.57 bits per heavy atom. The number of hydrogen-bond acceptors (Lipinski definition) is 5. The first-order valence-electron chi connectivity index (χ1n) is 9.42. The first kappa shape index (κ1) is 19.9. The Morgan fingerprint density at radius 1 is 1.10 bits per heavy atom. The quantitative estimate of drug-likeness (QED) is 0.510. The van der Waals surface area contributed by atoms with Crippen LogP contribution in [0, 0.1) is 13.8 Å². The number of carbonyl (C=O) groups excluding carboxylic acids is 1. The average molecular weight is 423 g/mol. The predicted octanol–water partition coefficient (Wildman–Crippen LogP) is 3.71. The van der Waals surface area contributed by atoms with Crippen LogP contribution in [-0.4, -0.2) is 29.8 Å². The summed E-state index contributed by atoms with van der Waals surface area (Å²) in [6.07, 6.45) is 1.61. The number of fused-ring (bicyclic) bond motifs is 1. The molecule has 0 saturated carbocycles. The zero-order valence-corrected chi connectivity index (χ0v) is 17.4. The molecule has 4 rings (SSSR count). The molecule has 1 amide bonds. The van der Waals surface area contributed by atoms with Crippen LogP contribution in [0.4, 0.5) is 5.82 Å². The summed E-state index contributed by atoms with van der Waals surface area (Å²) < 4.78 is 32.9. The molecule has 0 aliphatic rings. The molecule has 0 spiro atoms. The van der Waals surface area contributed by atoms with Crippen molar-refractivity contribution in [1.82, 2.24) is 9.72 Å². The molecule has 30 heavy (non-hydrogen) atoms. The van der Waals surface area contributed by atoms with Crippen molar-refractivity contribution in [1.29, 1.82) is 0 Å². The minimum absolute atomic E-state index is 0.137. The van der Waals surface area contributed by atoms with Gasteiger partial charge >= 0.3 is 0 Å². The van der Waals surface area contributed by atoms with Crippen LogP contribution in [0.25, 0.3) is 10.9 Å². The summed E-state index contributed by atoms with van der Waals surface area (Å²) in [7, 11) is -3.87. The van der Waals surface area contributed by atoms with E-state index in [1.807, 2.05) is 47.9 Å². The summed E-state index contributed by atoms with van der Waals surface area (Å²) in [5.41, 5.74) is 3.02. The number of para-hydroxylation sites is 1. The maximum atomic E-state index is 13.1. The van der Waals surface area contributed by atoms with E-state index in [1.54, 1.807) is 25.3 Å². The van der Waals surface area contributed by atoms with Crippen LogP contribution in [0.2, 0.25) is 0 Å². The van der Waals surface area contributed by atoms with Crippen molar-refractivity contribution in [3.05, 3.63) is 77.7 Å². The van der Waals surface area contributed by atoms with Gasteiger partial charge in [0.05, 0.1) is 4.90 Å². The van der Waals surface area contributed by atoms with Crippen LogP contribution in [-0.2, 0) is 21.2 Å². The lowest BCUT2D eigenvalue weighted by Crippen LogP contribution is -2.23. The Balaban J connectivity index is 1.66. The summed E-state index contributed by atoms with van der Waals surface area (Å²) >= 11 is 0. The predicted molar refractivity (Wildman–Crippen MR) is 114 cm³/mol. The zero-order chi connectivity index (χ0) is 21.3. The first-order chi connectivity index (χ1) is 14.3. The Kier molecular flexibility index (Phi) is 5.17. The molecule has 2 aromatic heterocycles. The third kappa shape index (κ3) is 3.99. The second-order valence-corrected chi connectivity index (χ2v) is 9.15. The van der Waals surface area contributed by atoms with E-state index in [4.69, 9.17) is 4.52 Å². The van der Waals surface area contributed by atoms with Gasteiger partial charge in [0.25, 0.3) is 0 Å². The second-order valence-electron chi connectivity index (χ2n) is 7.19. The number of nitrogens with zero attached hydrogens (tertiary/aromatic N) is 2. The number of rotatable bonds is 6. The summed E-state index contributed by atoms with van der Waals surface area (Å²) in [5, 5.41) is 6.72. The second kappa shape index (κ2) is 7.79. The van der Waals surface area contributed by atoms with E-state index in [0.29, 0.717) is 17.7 Å². The highest BCUT2D eigenvalue weighted by atomic mass is 32.2. The van der Waals surface area contributed by atoms with Gasteiger partial charge in [-0.3, -0.25) is 4.79 Å². The van der Waals surface area contributed by atoms with Gasteiger partial charge in [-0.2, -0.15) is 0 Å². The number of amides is 1. The van der Waals surface area contributed by atoms with E-state index in [-0.39, 0.29) is 10.7 Å². The highest BCUT2D eigenvalue weighted by molar-refractivity contribution is 7.92. The SMILES string of the molecule is Cc1cc(NC(=O)CS(=O)(=O)c2cn(Cc3ccccc3C)c3ccccc23)no1. The molecule has 154 valence electrons. The number of anilines is 1. The zero-order valence-electron chi connectivity index (χ0n) is 16.6. The van der Waals surface area contributed by atoms with Gasteiger partial charge in [0.2, 0.25) is 5.91 Å². The van der Waals surface area contributed by atoms with Gasteiger partial charge in [0.1, 0.15) is 11.5 Å². The molecule has 1 N–H and O–H groups in total. The van der Waals surface area contributed by atoms with Crippen molar-refractivity contribution >= 4 is 32.5 Å². The van der Waals surface area contributed by atoms with Gasteiger partial charge in [-0.25, -0.2) is 8.42 Å². The van der Waals surface area contributed by atoms with Crippen LogP contribution >= 0.6 is 0 Å². The third-order valence-electron chi connectivity index (χ3n) is 4.91. The highest BCUT2D eigenvalue weighted by Crippen LogP contribution is 2.27. The van der Waals surface area contributed by atoms with E-state index in [9.17, 15) is 13.2 Å². The van der Waals surface area contributed by atoms with Crippen molar-refractivity contribution < 1.29 is 17.7 Å². The highest BCUT2D eigenvalue weighted by Gasteiger charge is 2.25. The molecule has 0 bridgehead atoms. The molecule has 2 aromatic carbocycles. The standard InChI is InChI=1S/C22H21N3O4S/c1-15-7-3-4-8-17(15)12-25-13-20(18-9-5-6-10-19(18)25)30(27,28)14-22(26)23-21-11-16(2)29-24-21/h3-11,13H,12,14H2,1-2H3,(H,23,24,26). The van der Waals surface area contributed by atoms with Crippen molar-refractivity contribution in [3.63, 3.8) is 0 Å². The Hall–Kier alpha value is -3.39. The molecule has 0 saturated heterocycles. The fraction of sp³-hybridized carbons (Fsp3) is 0.182. The lowest BCUT2D eigenvalue weighted by Gasteiger charge is -2.08. The maximum Gasteiger partial charge on any atom is 0.241 e. The molecule has 2 heterocycles. The van der Waals surface area contributed by atoms with Crippen LogP contribution in [0.15, 0.2) is 70.2 Å². The third-order valence-corrected chi connectivity index (χ3v) is 6.54. The summed E-state index contributed by atoms with van der Waals surface area (Å²) in [4.78, 5) is 12.4. The van der Waals surface area contributed by atoms with Crippen LogP contribution in [0.5, 0.6) is 0 Å². The number of carbonyl (C=O) groups is 1. The normalized spacial score (nSPS) is 11.7. The van der Waals surface area contributed by atoms with Crippen LogP contribution in [0.1, 0.15) is 16.9 Å². The molecule has 0 fully saturated rings. The lowest BCUT2D eigenvalue weighted by molar-refractivity contribution is -0.113. The number of hydrogen-bond donors (Lipinski definition) is 1.